The van der Waals surface area contributed by atoms with Gasteiger partial charge >= 0.3 is 0 Å². The highest BCUT2D eigenvalue weighted by Gasteiger charge is 2.10. The molecular formula is C26H26N4O2. The molecule has 3 aromatic carbocycles. The van der Waals surface area contributed by atoms with Gasteiger partial charge in [-0.1, -0.05) is 18.2 Å². The maximum atomic E-state index is 12.5. The quantitative estimate of drug-likeness (QED) is 0.335. The molecule has 0 radical (unpaired) electrons. The molecule has 1 amide bonds. The molecule has 0 saturated carbocycles. The highest BCUT2D eigenvalue weighted by molar-refractivity contribution is 6.06. The van der Waals surface area contributed by atoms with E-state index in [9.17, 15) is 10.1 Å². The summed E-state index contributed by atoms with van der Waals surface area (Å²) >= 11 is 0. The SMILES string of the molecule is CCN(CC)c1ccc(N/C=C(/C#N)C(=O)Nc2ccc(Oc3ccccc3)cc2)cc1. The Morgan fingerprint density at radius 3 is 2.09 bits per heavy atom. The molecule has 0 aliphatic rings. The fourth-order valence-corrected chi connectivity index (χ4v) is 3.09. The number of hydrogen-bond donors (Lipinski definition) is 2. The third-order valence-corrected chi connectivity index (χ3v) is 4.84. The van der Waals surface area contributed by atoms with Crippen LogP contribution in [0.15, 0.2) is 90.6 Å². The Morgan fingerprint density at radius 1 is 0.906 bits per heavy atom. The molecule has 3 aromatic rings. The lowest BCUT2D eigenvalue weighted by atomic mass is 10.2. The van der Waals surface area contributed by atoms with Crippen LogP contribution in [0.25, 0.3) is 0 Å². The van der Waals surface area contributed by atoms with E-state index in [0.717, 1.165) is 30.2 Å². The first-order chi connectivity index (χ1) is 15.6. The van der Waals surface area contributed by atoms with Crippen molar-refractivity contribution in [2.24, 2.45) is 0 Å². The number of nitrogens with zero attached hydrogens (tertiary/aromatic N) is 2. The maximum absolute atomic E-state index is 12.5. The summed E-state index contributed by atoms with van der Waals surface area (Å²) in [6.45, 7) is 6.09. The second kappa shape index (κ2) is 11.2. The topological polar surface area (TPSA) is 77.4 Å². The summed E-state index contributed by atoms with van der Waals surface area (Å²) in [5.41, 5.74) is 2.47. The first-order valence-electron chi connectivity index (χ1n) is 10.5. The molecule has 3 rings (SSSR count). The number of hydrogen-bond acceptors (Lipinski definition) is 5. The van der Waals surface area contributed by atoms with Gasteiger partial charge in [-0.15, -0.1) is 0 Å². The number of anilines is 3. The van der Waals surface area contributed by atoms with E-state index in [1.807, 2.05) is 60.7 Å². The van der Waals surface area contributed by atoms with E-state index in [1.54, 1.807) is 24.3 Å². The van der Waals surface area contributed by atoms with Gasteiger partial charge in [-0.25, -0.2) is 0 Å². The van der Waals surface area contributed by atoms with Crippen molar-refractivity contribution in [2.45, 2.75) is 13.8 Å². The van der Waals surface area contributed by atoms with Gasteiger partial charge in [0.05, 0.1) is 0 Å². The summed E-state index contributed by atoms with van der Waals surface area (Å²) in [7, 11) is 0. The van der Waals surface area contributed by atoms with E-state index < -0.39 is 5.91 Å². The zero-order valence-corrected chi connectivity index (χ0v) is 18.2. The molecule has 0 atom stereocenters. The van der Waals surface area contributed by atoms with Crippen molar-refractivity contribution in [2.75, 3.05) is 28.6 Å². The lowest BCUT2D eigenvalue weighted by Gasteiger charge is -2.21. The first kappa shape index (κ1) is 22.4. The number of rotatable bonds is 9. The predicted octanol–water partition coefficient (Wildman–Crippen LogP) is 5.78. The van der Waals surface area contributed by atoms with Gasteiger partial charge in [0.2, 0.25) is 0 Å². The highest BCUT2D eigenvalue weighted by Crippen LogP contribution is 2.23. The number of carbonyl (C=O) groups excluding carboxylic acids is 1. The van der Waals surface area contributed by atoms with Gasteiger partial charge in [-0.3, -0.25) is 4.79 Å². The summed E-state index contributed by atoms with van der Waals surface area (Å²) in [5.74, 6) is 0.895. The van der Waals surface area contributed by atoms with Gasteiger partial charge in [0.1, 0.15) is 23.1 Å². The zero-order chi connectivity index (χ0) is 22.8. The Labute approximate surface area is 188 Å². The van der Waals surface area contributed by atoms with E-state index in [2.05, 4.69) is 29.4 Å². The minimum absolute atomic E-state index is 0.0255. The first-order valence-corrected chi connectivity index (χ1v) is 10.5. The zero-order valence-electron chi connectivity index (χ0n) is 18.2. The molecule has 162 valence electrons. The van der Waals surface area contributed by atoms with E-state index in [4.69, 9.17) is 4.74 Å². The molecule has 0 aliphatic carbocycles. The van der Waals surface area contributed by atoms with E-state index in [0.29, 0.717) is 11.4 Å². The predicted molar refractivity (Wildman–Crippen MR) is 129 cm³/mol. The van der Waals surface area contributed by atoms with Crippen molar-refractivity contribution in [3.63, 3.8) is 0 Å². The molecule has 0 bridgehead atoms. The van der Waals surface area contributed by atoms with Gasteiger partial charge in [-0.2, -0.15) is 5.26 Å². The highest BCUT2D eigenvalue weighted by atomic mass is 16.5. The third-order valence-electron chi connectivity index (χ3n) is 4.84. The standard InChI is InChI=1S/C26H26N4O2/c1-3-30(4-2)23-14-10-21(11-15-23)28-19-20(18-27)26(31)29-22-12-16-25(17-13-22)32-24-8-6-5-7-9-24/h5-17,19,28H,3-4H2,1-2H3,(H,29,31)/b20-19-. The molecule has 0 heterocycles. The van der Waals surface area contributed by atoms with Gasteiger partial charge in [0, 0.05) is 36.4 Å². The number of ether oxygens (including phenoxy) is 1. The van der Waals surface area contributed by atoms with Crippen LogP contribution in [0.1, 0.15) is 13.8 Å². The Morgan fingerprint density at radius 2 is 1.50 bits per heavy atom. The van der Waals surface area contributed by atoms with Crippen LogP contribution >= 0.6 is 0 Å². The molecule has 32 heavy (non-hydrogen) atoms. The second-order valence-electron chi connectivity index (χ2n) is 6.93. The Balaban J connectivity index is 1.59. The van der Waals surface area contributed by atoms with E-state index in [1.165, 1.54) is 6.20 Å². The number of nitrogens with one attached hydrogen (secondary N) is 2. The number of amides is 1. The molecular weight excluding hydrogens is 400 g/mol. The van der Waals surface area contributed by atoms with Crippen LogP contribution in [0.4, 0.5) is 17.1 Å². The third kappa shape index (κ3) is 6.13. The molecule has 2 N–H and O–H groups in total. The number of para-hydroxylation sites is 1. The fraction of sp³-hybridized carbons (Fsp3) is 0.154. The smallest absolute Gasteiger partial charge is 0.267 e. The van der Waals surface area contributed by atoms with Crippen molar-refractivity contribution in [3.05, 3.63) is 90.6 Å². The number of nitriles is 1. The van der Waals surface area contributed by atoms with Crippen LogP contribution in [0.5, 0.6) is 11.5 Å². The summed E-state index contributed by atoms with van der Waals surface area (Å²) in [6, 6.07) is 26.2. The van der Waals surface area contributed by atoms with Crippen LogP contribution in [-0.4, -0.2) is 19.0 Å². The van der Waals surface area contributed by atoms with Crippen LogP contribution < -0.4 is 20.3 Å². The van der Waals surface area contributed by atoms with Crippen LogP contribution in [0, 0.1) is 11.3 Å². The Kier molecular flexibility index (Phi) is 7.88. The second-order valence-corrected chi connectivity index (χ2v) is 6.93. The fourth-order valence-electron chi connectivity index (χ4n) is 3.09. The van der Waals surface area contributed by atoms with E-state index in [-0.39, 0.29) is 5.57 Å². The van der Waals surface area contributed by atoms with Crippen molar-refractivity contribution < 1.29 is 9.53 Å². The van der Waals surface area contributed by atoms with Crippen LogP contribution in [-0.2, 0) is 4.79 Å². The molecule has 0 saturated heterocycles. The van der Waals surface area contributed by atoms with Crippen LogP contribution in [0.3, 0.4) is 0 Å². The number of benzene rings is 3. The van der Waals surface area contributed by atoms with Crippen molar-refractivity contribution in [1.29, 1.82) is 5.26 Å². The Hall–Kier alpha value is -4.24. The van der Waals surface area contributed by atoms with Gasteiger partial charge in [0.15, 0.2) is 0 Å². The Bertz CT molecular complexity index is 1080. The number of carbonyl (C=O) groups is 1. The molecule has 6 nitrogen and oxygen atoms in total. The lowest BCUT2D eigenvalue weighted by molar-refractivity contribution is -0.112. The van der Waals surface area contributed by atoms with Gasteiger partial charge < -0.3 is 20.3 Å². The summed E-state index contributed by atoms with van der Waals surface area (Å²) in [5, 5.41) is 15.1. The van der Waals surface area contributed by atoms with Crippen molar-refractivity contribution in [3.8, 4) is 17.6 Å². The molecule has 0 aromatic heterocycles. The maximum Gasteiger partial charge on any atom is 0.267 e. The summed E-state index contributed by atoms with van der Waals surface area (Å²) in [4.78, 5) is 14.7. The normalized spacial score (nSPS) is 10.7. The van der Waals surface area contributed by atoms with Crippen LogP contribution in [0.2, 0.25) is 0 Å². The summed E-state index contributed by atoms with van der Waals surface area (Å²) < 4.78 is 5.74. The monoisotopic (exact) mass is 426 g/mol. The van der Waals surface area contributed by atoms with Gasteiger partial charge in [-0.05, 0) is 74.5 Å². The molecule has 0 spiro atoms. The average Bonchev–Trinajstić information content (AvgIpc) is 2.83. The minimum Gasteiger partial charge on any atom is -0.457 e. The largest absolute Gasteiger partial charge is 0.457 e. The van der Waals surface area contributed by atoms with E-state index >= 15 is 0 Å². The van der Waals surface area contributed by atoms with Crippen molar-refractivity contribution >= 4 is 23.0 Å². The molecule has 0 aliphatic heterocycles. The molecule has 0 unspecified atom stereocenters. The molecule has 0 fully saturated rings. The molecule has 6 heteroatoms. The average molecular weight is 427 g/mol. The summed E-state index contributed by atoms with van der Waals surface area (Å²) in [6.07, 6.45) is 1.41. The van der Waals surface area contributed by atoms with Gasteiger partial charge in [0.25, 0.3) is 5.91 Å². The van der Waals surface area contributed by atoms with Crippen molar-refractivity contribution in [1.82, 2.24) is 0 Å². The minimum atomic E-state index is -0.489. The lowest BCUT2D eigenvalue weighted by Crippen LogP contribution is -2.21.